The predicted molar refractivity (Wildman–Crippen MR) is 108 cm³/mol. The maximum Gasteiger partial charge on any atom is 0.338 e. The van der Waals surface area contributed by atoms with Gasteiger partial charge in [-0.3, -0.25) is 19.2 Å². The maximum absolute atomic E-state index is 12.9. The second-order valence-electron chi connectivity index (χ2n) is 7.43. The number of rotatable bonds is 6. The van der Waals surface area contributed by atoms with Crippen LogP contribution in [0.2, 0.25) is 0 Å². The van der Waals surface area contributed by atoms with Gasteiger partial charge < -0.3 is 23.7 Å². The van der Waals surface area contributed by atoms with Crippen LogP contribution in [0.25, 0.3) is 0 Å². The number of nitrogens with zero attached hydrogens (tertiary/aromatic N) is 3. The van der Waals surface area contributed by atoms with Crippen LogP contribution in [0.1, 0.15) is 33.9 Å². The van der Waals surface area contributed by atoms with Crippen molar-refractivity contribution >= 4 is 23.9 Å². The highest BCUT2D eigenvalue weighted by molar-refractivity contribution is 5.68. The summed E-state index contributed by atoms with van der Waals surface area (Å²) in [5, 5.41) is 0. The first-order valence-corrected chi connectivity index (χ1v) is 9.95. The van der Waals surface area contributed by atoms with E-state index in [1.807, 2.05) is 0 Å². The largest absolute Gasteiger partial charge is 0.463 e. The Morgan fingerprint density at radius 1 is 0.706 bits per heavy atom. The van der Waals surface area contributed by atoms with E-state index in [0.717, 1.165) is 41.8 Å². The van der Waals surface area contributed by atoms with Crippen LogP contribution in [0.5, 0.6) is 0 Å². The van der Waals surface area contributed by atoms with Crippen molar-refractivity contribution in [3.63, 3.8) is 0 Å². The lowest BCUT2D eigenvalue weighted by Gasteiger charge is -2.44. The molecule has 0 saturated carbocycles. The van der Waals surface area contributed by atoms with Crippen molar-refractivity contribution in [1.82, 2.24) is 13.7 Å². The van der Waals surface area contributed by atoms with Crippen molar-refractivity contribution in [1.29, 1.82) is 0 Å². The molecule has 2 heterocycles. The summed E-state index contributed by atoms with van der Waals surface area (Å²) in [7, 11) is 2.21. The van der Waals surface area contributed by atoms with Gasteiger partial charge >= 0.3 is 40.9 Å². The molecule has 1 saturated heterocycles. The normalized spacial score (nSPS) is 24.1. The molecule has 188 valence electrons. The molecule has 1 aliphatic heterocycles. The van der Waals surface area contributed by atoms with Crippen LogP contribution in [0, 0.1) is 0 Å². The van der Waals surface area contributed by atoms with Crippen LogP contribution < -0.4 is 17.1 Å². The monoisotopic (exact) mass is 487 g/mol. The summed E-state index contributed by atoms with van der Waals surface area (Å²) in [6, 6.07) is 0. The van der Waals surface area contributed by atoms with E-state index < -0.39 is 78.2 Å². The van der Waals surface area contributed by atoms with Crippen molar-refractivity contribution in [3.8, 4) is 0 Å². The summed E-state index contributed by atoms with van der Waals surface area (Å²) in [6.07, 6.45) is -7.87. The molecule has 1 aromatic rings. The Labute approximate surface area is 191 Å². The number of ether oxygens (including phenoxy) is 5. The zero-order chi connectivity index (χ0) is 25.9. The van der Waals surface area contributed by atoms with Crippen molar-refractivity contribution in [3.05, 3.63) is 31.5 Å². The molecule has 1 fully saturated rings. The first kappa shape index (κ1) is 26.5. The highest BCUT2D eigenvalue weighted by Gasteiger charge is 2.53. The van der Waals surface area contributed by atoms with E-state index in [2.05, 4.69) is 0 Å². The Morgan fingerprint density at radius 2 is 1.15 bits per heavy atom. The van der Waals surface area contributed by atoms with Gasteiger partial charge in [-0.05, 0) is 0 Å². The minimum atomic E-state index is -1.77. The molecule has 0 bridgehead atoms. The molecular weight excluding hydrogens is 462 g/mol. The second-order valence-corrected chi connectivity index (χ2v) is 7.43. The van der Waals surface area contributed by atoms with Crippen LogP contribution in [-0.2, 0) is 57.0 Å². The third kappa shape index (κ3) is 5.59. The van der Waals surface area contributed by atoms with E-state index in [0.29, 0.717) is 13.7 Å². The molecular formula is C19H25N3O12. The van der Waals surface area contributed by atoms with E-state index in [-0.39, 0.29) is 0 Å². The zero-order valence-corrected chi connectivity index (χ0v) is 19.3. The molecule has 1 aromatic heterocycles. The molecule has 0 unspecified atom stereocenters. The highest BCUT2D eigenvalue weighted by atomic mass is 16.7. The van der Waals surface area contributed by atoms with Crippen LogP contribution in [0.4, 0.5) is 0 Å². The topological polar surface area (TPSA) is 180 Å². The van der Waals surface area contributed by atoms with Gasteiger partial charge in [0.05, 0.1) is 0 Å². The van der Waals surface area contributed by atoms with Gasteiger partial charge in [0, 0.05) is 41.8 Å². The van der Waals surface area contributed by atoms with Gasteiger partial charge in [-0.1, -0.05) is 0 Å². The maximum atomic E-state index is 12.9. The first-order chi connectivity index (χ1) is 15.8. The molecule has 15 nitrogen and oxygen atoms in total. The van der Waals surface area contributed by atoms with E-state index >= 15 is 0 Å². The highest BCUT2D eigenvalue weighted by Crippen LogP contribution is 2.33. The SMILES string of the molecule is CC(=O)OC[C@H]1O[C@@H](n2c(=O)n(C)c(=O)n(C)c2=O)[C@H](OC(C)=O)[C@@H](OC(C)=O)[C@@H]1OC(C)=O. The Kier molecular flexibility index (Phi) is 8.15. The molecule has 2 rings (SSSR count). The summed E-state index contributed by atoms with van der Waals surface area (Å²) in [4.78, 5) is 84.8. The number of aromatic nitrogens is 3. The summed E-state index contributed by atoms with van der Waals surface area (Å²) >= 11 is 0. The standard InChI is InChI=1S/C19H25N3O12/c1-8(23)30-7-12-13(31-9(2)24)14(32-10(3)25)15(33-11(4)26)16(34-12)22-18(28)20(5)17(27)21(6)19(22)29/h12-16H,7H2,1-6H3/t12-,13-,14+,15-,16-/m1/s1. The van der Waals surface area contributed by atoms with Crippen LogP contribution in [0.15, 0.2) is 14.4 Å². The third-order valence-electron chi connectivity index (χ3n) is 4.78. The van der Waals surface area contributed by atoms with Crippen molar-refractivity contribution in [2.24, 2.45) is 14.1 Å². The first-order valence-electron chi connectivity index (χ1n) is 9.95. The average molecular weight is 487 g/mol. The van der Waals surface area contributed by atoms with Gasteiger partial charge in [0.15, 0.2) is 24.5 Å². The Balaban J connectivity index is 2.79. The van der Waals surface area contributed by atoms with Crippen LogP contribution in [-0.4, -0.2) is 68.6 Å². The summed E-state index contributed by atoms with van der Waals surface area (Å²) in [6.45, 7) is 3.64. The van der Waals surface area contributed by atoms with E-state index in [1.165, 1.54) is 0 Å². The van der Waals surface area contributed by atoms with Crippen LogP contribution in [0.3, 0.4) is 0 Å². The molecule has 0 spiro atoms. The fourth-order valence-corrected chi connectivity index (χ4v) is 3.42. The zero-order valence-electron chi connectivity index (χ0n) is 19.3. The predicted octanol–water partition coefficient (Wildman–Crippen LogP) is -2.50. The van der Waals surface area contributed by atoms with Gasteiger partial charge in [0.25, 0.3) is 0 Å². The molecule has 1 aliphatic rings. The fraction of sp³-hybridized carbons (Fsp3) is 0.632. The summed E-state index contributed by atoms with van der Waals surface area (Å²) in [5.41, 5.74) is -3.19. The third-order valence-corrected chi connectivity index (χ3v) is 4.78. The molecule has 15 heteroatoms. The van der Waals surface area contributed by atoms with Gasteiger partial charge in [-0.15, -0.1) is 0 Å². The van der Waals surface area contributed by atoms with Gasteiger partial charge in [-0.2, -0.15) is 0 Å². The average Bonchev–Trinajstić information content (AvgIpc) is 2.72. The van der Waals surface area contributed by atoms with Gasteiger partial charge in [0.1, 0.15) is 12.7 Å². The lowest BCUT2D eigenvalue weighted by atomic mass is 9.97. The van der Waals surface area contributed by atoms with E-state index in [4.69, 9.17) is 23.7 Å². The van der Waals surface area contributed by atoms with E-state index in [9.17, 15) is 33.6 Å². The number of hydrogen-bond donors (Lipinski definition) is 0. The summed E-state index contributed by atoms with van der Waals surface area (Å²) in [5.74, 6) is -3.37. The summed E-state index contributed by atoms with van der Waals surface area (Å²) < 4.78 is 28.2. The van der Waals surface area contributed by atoms with Crippen LogP contribution >= 0.6 is 0 Å². The molecule has 0 N–H and O–H groups in total. The lowest BCUT2D eigenvalue weighted by Crippen LogP contribution is -2.64. The molecule has 0 aromatic carbocycles. The molecule has 34 heavy (non-hydrogen) atoms. The van der Waals surface area contributed by atoms with E-state index in [1.54, 1.807) is 0 Å². The quantitative estimate of drug-likeness (QED) is 0.304. The van der Waals surface area contributed by atoms with Crippen molar-refractivity contribution in [2.45, 2.75) is 58.3 Å². The molecule has 0 amide bonds. The number of carbonyl (C=O) groups excluding carboxylic acids is 4. The van der Waals surface area contributed by atoms with Gasteiger partial charge in [-0.25, -0.2) is 28.1 Å². The Hall–Kier alpha value is -3.75. The number of carbonyl (C=O) groups is 4. The minimum Gasteiger partial charge on any atom is -0.463 e. The molecule has 5 atom stereocenters. The minimum absolute atomic E-state index is 0.482. The molecule has 0 radical (unpaired) electrons. The molecule has 0 aliphatic carbocycles. The van der Waals surface area contributed by atoms with Crippen molar-refractivity contribution < 1.29 is 42.9 Å². The Morgan fingerprint density at radius 3 is 1.59 bits per heavy atom. The van der Waals surface area contributed by atoms with Gasteiger partial charge in [0.2, 0.25) is 0 Å². The number of hydrogen-bond acceptors (Lipinski definition) is 12. The fourth-order valence-electron chi connectivity index (χ4n) is 3.42. The smallest absolute Gasteiger partial charge is 0.338 e. The Bertz CT molecular complexity index is 1120. The lowest BCUT2D eigenvalue weighted by molar-refractivity contribution is -0.270. The van der Waals surface area contributed by atoms with Crippen molar-refractivity contribution in [2.75, 3.05) is 6.61 Å². The second kappa shape index (κ2) is 10.5. The number of esters is 4.